The Labute approximate surface area is 192 Å². The van der Waals surface area contributed by atoms with E-state index in [2.05, 4.69) is 10.3 Å². The van der Waals surface area contributed by atoms with Gasteiger partial charge in [-0.3, -0.25) is 9.59 Å². The molecule has 0 spiro atoms. The van der Waals surface area contributed by atoms with Gasteiger partial charge in [0.2, 0.25) is 5.91 Å². The predicted octanol–water partition coefficient (Wildman–Crippen LogP) is 3.63. The quantitative estimate of drug-likeness (QED) is 0.452. The molecule has 0 aliphatic carbocycles. The summed E-state index contributed by atoms with van der Waals surface area (Å²) in [5.74, 6) is 0.957. The van der Waals surface area contributed by atoms with Gasteiger partial charge in [-0.2, -0.15) is 0 Å². The van der Waals surface area contributed by atoms with Crippen molar-refractivity contribution in [1.29, 1.82) is 0 Å². The highest BCUT2D eigenvalue weighted by molar-refractivity contribution is 5.94. The molecule has 0 atom stereocenters. The van der Waals surface area contributed by atoms with E-state index in [0.29, 0.717) is 23.7 Å². The highest BCUT2D eigenvalue weighted by Gasteiger charge is 2.17. The van der Waals surface area contributed by atoms with Gasteiger partial charge in [-0.05, 0) is 35.9 Å². The topological polar surface area (TPSA) is 76.5 Å². The summed E-state index contributed by atoms with van der Waals surface area (Å²) in [7, 11) is 3.35. The van der Waals surface area contributed by atoms with Crippen molar-refractivity contribution in [1.82, 2.24) is 19.8 Å². The molecule has 1 heterocycles. The van der Waals surface area contributed by atoms with Crippen molar-refractivity contribution in [3.8, 4) is 5.75 Å². The van der Waals surface area contributed by atoms with Gasteiger partial charge in [-0.15, -0.1) is 0 Å². The molecule has 0 aliphatic rings. The Kier molecular flexibility index (Phi) is 6.69. The van der Waals surface area contributed by atoms with Gasteiger partial charge in [0, 0.05) is 19.2 Å². The van der Waals surface area contributed by atoms with Crippen molar-refractivity contribution >= 4 is 22.8 Å². The summed E-state index contributed by atoms with van der Waals surface area (Å²) in [6.07, 6.45) is 0. The number of carbonyl (C=O) groups excluding carboxylic acids is 2. The summed E-state index contributed by atoms with van der Waals surface area (Å²) in [6, 6.07) is 24.5. The Morgan fingerprint density at radius 3 is 2.55 bits per heavy atom. The van der Waals surface area contributed by atoms with E-state index in [-0.39, 0.29) is 24.9 Å². The molecular formula is C26H26N4O3. The maximum atomic E-state index is 13.0. The fourth-order valence-electron chi connectivity index (χ4n) is 3.66. The van der Waals surface area contributed by atoms with Gasteiger partial charge in [0.1, 0.15) is 18.1 Å². The van der Waals surface area contributed by atoms with Crippen LogP contribution < -0.4 is 10.1 Å². The van der Waals surface area contributed by atoms with Crippen molar-refractivity contribution < 1.29 is 14.3 Å². The van der Waals surface area contributed by atoms with E-state index in [1.54, 1.807) is 43.3 Å². The zero-order valence-corrected chi connectivity index (χ0v) is 18.7. The highest BCUT2D eigenvalue weighted by Crippen LogP contribution is 2.17. The minimum absolute atomic E-state index is 0.0395. The number of amides is 2. The molecule has 1 aromatic heterocycles. The van der Waals surface area contributed by atoms with E-state index < -0.39 is 0 Å². The Bertz CT molecular complexity index is 1270. The number of hydrogen-bond donors (Lipinski definition) is 1. The number of nitrogens with zero attached hydrogens (tertiary/aromatic N) is 3. The number of likely N-dealkylation sites (N-methyl/N-ethyl adjacent to an activating group) is 1. The molecular weight excluding hydrogens is 416 g/mol. The van der Waals surface area contributed by atoms with Gasteiger partial charge in [0.05, 0.1) is 24.7 Å². The van der Waals surface area contributed by atoms with E-state index in [0.717, 1.165) is 16.6 Å². The summed E-state index contributed by atoms with van der Waals surface area (Å²) < 4.78 is 7.06. The minimum Gasteiger partial charge on any atom is -0.497 e. The Hall–Kier alpha value is -4.13. The zero-order chi connectivity index (χ0) is 23.2. The summed E-state index contributed by atoms with van der Waals surface area (Å²) in [5, 5.41) is 2.91. The number of para-hydroxylation sites is 2. The smallest absolute Gasteiger partial charge is 0.251 e. The van der Waals surface area contributed by atoms with Gasteiger partial charge >= 0.3 is 0 Å². The van der Waals surface area contributed by atoms with Crippen molar-refractivity contribution in [3.05, 3.63) is 95.8 Å². The lowest BCUT2D eigenvalue weighted by Gasteiger charge is -2.19. The van der Waals surface area contributed by atoms with E-state index in [9.17, 15) is 9.59 Å². The Balaban J connectivity index is 1.51. The van der Waals surface area contributed by atoms with Gasteiger partial charge in [0.25, 0.3) is 5.91 Å². The lowest BCUT2D eigenvalue weighted by molar-refractivity contribution is -0.131. The lowest BCUT2D eigenvalue weighted by Crippen LogP contribution is -2.31. The molecule has 1 N–H and O–H groups in total. The number of benzene rings is 3. The largest absolute Gasteiger partial charge is 0.497 e. The third kappa shape index (κ3) is 5.20. The predicted molar refractivity (Wildman–Crippen MR) is 127 cm³/mol. The molecule has 0 bridgehead atoms. The summed E-state index contributed by atoms with van der Waals surface area (Å²) in [6.45, 7) is 0.850. The third-order valence-corrected chi connectivity index (χ3v) is 5.45. The van der Waals surface area contributed by atoms with Crippen LogP contribution in [0, 0.1) is 0 Å². The number of nitrogens with one attached hydrogen (secondary N) is 1. The van der Waals surface area contributed by atoms with Gasteiger partial charge in [-0.25, -0.2) is 4.98 Å². The van der Waals surface area contributed by atoms with Crippen molar-refractivity contribution in [2.45, 2.75) is 19.6 Å². The van der Waals surface area contributed by atoms with E-state index >= 15 is 0 Å². The number of methoxy groups -OCH3 is 1. The molecule has 7 nitrogen and oxygen atoms in total. The van der Waals surface area contributed by atoms with Crippen LogP contribution in [0.5, 0.6) is 5.75 Å². The fraction of sp³-hybridized carbons (Fsp3) is 0.192. The minimum atomic E-state index is -0.236. The number of ether oxygens (including phenoxy) is 1. The second-order valence-corrected chi connectivity index (χ2v) is 7.75. The summed E-state index contributed by atoms with van der Waals surface area (Å²) >= 11 is 0. The fourth-order valence-corrected chi connectivity index (χ4v) is 3.66. The van der Waals surface area contributed by atoms with Crippen molar-refractivity contribution in [2.75, 3.05) is 14.2 Å². The molecule has 0 fully saturated rings. The molecule has 0 unspecified atom stereocenters. The number of carbonyl (C=O) groups is 2. The Morgan fingerprint density at radius 2 is 1.76 bits per heavy atom. The first-order valence-electron chi connectivity index (χ1n) is 10.7. The molecule has 4 aromatic rings. The van der Waals surface area contributed by atoms with Crippen LogP contribution in [0.1, 0.15) is 21.7 Å². The van der Waals surface area contributed by atoms with E-state index in [1.807, 2.05) is 59.2 Å². The average molecular weight is 443 g/mol. The lowest BCUT2D eigenvalue weighted by atomic mass is 10.2. The maximum absolute atomic E-state index is 13.0. The molecule has 0 aliphatic heterocycles. The normalized spacial score (nSPS) is 10.7. The second kappa shape index (κ2) is 9.99. The molecule has 3 aromatic carbocycles. The SMILES string of the molecule is COc1cccc(C(=O)NCc2nc3ccccc3n2CC(=O)N(C)Cc2ccccc2)c1. The van der Waals surface area contributed by atoms with Gasteiger partial charge in [0.15, 0.2) is 0 Å². The first kappa shape index (κ1) is 22.1. The maximum Gasteiger partial charge on any atom is 0.251 e. The van der Waals surface area contributed by atoms with Gasteiger partial charge in [-0.1, -0.05) is 48.5 Å². The van der Waals surface area contributed by atoms with Crippen LogP contribution in [0.4, 0.5) is 0 Å². The number of fused-ring (bicyclic) bond motifs is 1. The van der Waals surface area contributed by atoms with Crippen LogP contribution in [-0.2, 0) is 24.4 Å². The van der Waals surface area contributed by atoms with Crippen LogP contribution in [0.2, 0.25) is 0 Å². The third-order valence-electron chi connectivity index (χ3n) is 5.45. The van der Waals surface area contributed by atoms with Crippen molar-refractivity contribution in [3.63, 3.8) is 0 Å². The first-order valence-corrected chi connectivity index (χ1v) is 10.7. The van der Waals surface area contributed by atoms with Crippen LogP contribution >= 0.6 is 0 Å². The van der Waals surface area contributed by atoms with E-state index in [4.69, 9.17) is 4.74 Å². The zero-order valence-electron chi connectivity index (χ0n) is 18.7. The standard InChI is InChI=1S/C26H26N4O3/c1-29(17-19-9-4-3-5-10-19)25(31)18-30-23-14-7-6-13-22(23)28-24(30)16-27-26(32)20-11-8-12-21(15-20)33-2/h3-15H,16-18H2,1-2H3,(H,27,32). The number of aromatic nitrogens is 2. The molecule has 2 amide bonds. The van der Waals surface area contributed by atoms with Crippen LogP contribution in [0.15, 0.2) is 78.9 Å². The van der Waals surface area contributed by atoms with Crippen molar-refractivity contribution in [2.24, 2.45) is 0 Å². The van der Waals surface area contributed by atoms with Crippen LogP contribution in [-0.4, -0.2) is 40.4 Å². The summed E-state index contributed by atoms with van der Waals surface area (Å²) in [4.78, 5) is 32.0. The first-order chi connectivity index (χ1) is 16.0. The number of imidazole rings is 1. The van der Waals surface area contributed by atoms with Crippen LogP contribution in [0.3, 0.4) is 0 Å². The molecule has 4 rings (SSSR count). The second-order valence-electron chi connectivity index (χ2n) is 7.75. The number of rotatable bonds is 8. The molecule has 168 valence electrons. The molecule has 33 heavy (non-hydrogen) atoms. The molecule has 7 heteroatoms. The molecule has 0 radical (unpaired) electrons. The summed E-state index contributed by atoms with van der Waals surface area (Å²) in [5.41, 5.74) is 3.19. The van der Waals surface area contributed by atoms with Gasteiger partial charge < -0.3 is 19.5 Å². The Morgan fingerprint density at radius 1 is 1.00 bits per heavy atom. The molecule has 0 saturated heterocycles. The highest BCUT2D eigenvalue weighted by atomic mass is 16.5. The average Bonchev–Trinajstić information content (AvgIpc) is 3.20. The van der Waals surface area contributed by atoms with Crippen LogP contribution in [0.25, 0.3) is 11.0 Å². The van der Waals surface area contributed by atoms with E-state index in [1.165, 1.54) is 0 Å². The molecule has 0 saturated carbocycles. The monoisotopic (exact) mass is 442 g/mol. The number of hydrogen-bond acceptors (Lipinski definition) is 4.